The standard InChI is InChI=1S/C14H21N3OS2/c1-16-3-4-17(11(7-15)8-16)14(18)13-6-10-9-19-5-2-12(10)20-13/h6,11H,2-5,7-9,15H2,1H3. The first-order valence-corrected chi connectivity index (χ1v) is 9.05. The molecule has 2 aliphatic rings. The van der Waals surface area contributed by atoms with Crippen LogP contribution >= 0.6 is 23.1 Å². The average Bonchev–Trinajstić information content (AvgIpc) is 2.90. The summed E-state index contributed by atoms with van der Waals surface area (Å²) in [4.78, 5) is 19.3. The molecule has 0 aromatic carbocycles. The molecular weight excluding hydrogens is 290 g/mol. The molecule has 3 rings (SSSR count). The van der Waals surface area contributed by atoms with E-state index in [1.165, 1.54) is 16.2 Å². The lowest BCUT2D eigenvalue weighted by atomic mass is 10.1. The number of thioether (sulfide) groups is 1. The first-order chi connectivity index (χ1) is 9.69. The van der Waals surface area contributed by atoms with E-state index in [0.717, 1.165) is 36.7 Å². The van der Waals surface area contributed by atoms with Gasteiger partial charge in [-0.25, -0.2) is 0 Å². The number of likely N-dealkylation sites (N-methyl/N-ethyl adjacent to an activating group) is 1. The first kappa shape index (κ1) is 14.4. The van der Waals surface area contributed by atoms with Gasteiger partial charge < -0.3 is 15.5 Å². The zero-order valence-corrected chi connectivity index (χ0v) is 13.4. The topological polar surface area (TPSA) is 49.6 Å². The number of hydrogen-bond acceptors (Lipinski definition) is 5. The number of nitrogens with two attached hydrogens (primary N) is 1. The molecule has 6 heteroatoms. The first-order valence-electron chi connectivity index (χ1n) is 7.08. The smallest absolute Gasteiger partial charge is 0.264 e. The summed E-state index contributed by atoms with van der Waals surface area (Å²) in [6.45, 7) is 3.14. The van der Waals surface area contributed by atoms with Gasteiger partial charge in [0.05, 0.1) is 10.9 Å². The number of aryl methyl sites for hydroxylation is 1. The Kier molecular flexibility index (Phi) is 4.35. The minimum absolute atomic E-state index is 0.148. The van der Waals surface area contributed by atoms with Crippen LogP contribution in [0.15, 0.2) is 6.07 Å². The van der Waals surface area contributed by atoms with Gasteiger partial charge in [-0.2, -0.15) is 11.8 Å². The van der Waals surface area contributed by atoms with E-state index in [1.807, 2.05) is 16.7 Å². The van der Waals surface area contributed by atoms with Crippen molar-refractivity contribution < 1.29 is 4.79 Å². The van der Waals surface area contributed by atoms with Crippen LogP contribution in [0.3, 0.4) is 0 Å². The molecule has 0 bridgehead atoms. The Balaban J connectivity index is 1.79. The largest absolute Gasteiger partial charge is 0.331 e. The van der Waals surface area contributed by atoms with Crippen LogP contribution in [0.5, 0.6) is 0 Å². The minimum atomic E-state index is 0.148. The fraction of sp³-hybridized carbons (Fsp3) is 0.643. The molecule has 1 atom stereocenters. The lowest BCUT2D eigenvalue weighted by Gasteiger charge is -2.39. The second-order valence-electron chi connectivity index (χ2n) is 5.51. The molecule has 1 aromatic heterocycles. The van der Waals surface area contributed by atoms with Crippen molar-refractivity contribution in [2.24, 2.45) is 5.73 Å². The van der Waals surface area contributed by atoms with Gasteiger partial charge in [-0.05, 0) is 30.9 Å². The van der Waals surface area contributed by atoms with E-state index >= 15 is 0 Å². The fourth-order valence-corrected chi connectivity index (χ4v) is 5.20. The van der Waals surface area contributed by atoms with Crippen LogP contribution in [0.25, 0.3) is 0 Å². The summed E-state index contributed by atoms with van der Waals surface area (Å²) in [6.07, 6.45) is 1.11. The van der Waals surface area contributed by atoms with Gasteiger partial charge in [0.1, 0.15) is 0 Å². The van der Waals surface area contributed by atoms with Crippen molar-refractivity contribution in [2.75, 3.05) is 39.0 Å². The maximum atomic E-state index is 12.7. The van der Waals surface area contributed by atoms with Gasteiger partial charge >= 0.3 is 0 Å². The predicted octanol–water partition coefficient (Wildman–Crippen LogP) is 1.25. The third kappa shape index (κ3) is 2.74. The van der Waals surface area contributed by atoms with Crippen molar-refractivity contribution in [3.05, 3.63) is 21.4 Å². The Morgan fingerprint density at radius 2 is 2.35 bits per heavy atom. The number of hydrogen-bond donors (Lipinski definition) is 1. The number of carbonyl (C=O) groups is 1. The summed E-state index contributed by atoms with van der Waals surface area (Å²) >= 11 is 3.65. The predicted molar refractivity (Wildman–Crippen MR) is 85.6 cm³/mol. The van der Waals surface area contributed by atoms with Crippen LogP contribution in [-0.4, -0.2) is 60.7 Å². The third-order valence-corrected chi connectivity index (χ3v) is 6.29. The molecule has 1 aromatic rings. The Morgan fingerprint density at radius 1 is 1.50 bits per heavy atom. The lowest BCUT2D eigenvalue weighted by molar-refractivity contribution is 0.0520. The maximum Gasteiger partial charge on any atom is 0.264 e. The molecule has 0 radical (unpaired) electrons. The quantitative estimate of drug-likeness (QED) is 0.893. The number of fused-ring (bicyclic) bond motifs is 1. The zero-order chi connectivity index (χ0) is 14.1. The molecule has 3 heterocycles. The van der Waals surface area contributed by atoms with Gasteiger partial charge in [0.25, 0.3) is 5.91 Å². The monoisotopic (exact) mass is 311 g/mol. The van der Waals surface area contributed by atoms with Gasteiger partial charge in [0.15, 0.2) is 0 Å². The molecule has 110 valence electrons. The van der Waals surface area contributed by atoms with E-state index in [4.69, 9.17) is 5.73 Å². The van der Waals surface area contributed by atoms with E-state index < -0.39 is 0 Å². The van der Waals surface area contributed by atoms with E-state index in [-0.39, 0.29) is 11.9 Å². The number of amides is 1. The Hall–Kier alpha value is -0.560. The number of rotatable bonds is 2. The van der Waals surface area contributed by atoms with Gasteiger partial charge in [-0.3, -0.25) is 4.79 Å². The van der Waals surface area contributed by atoms with Crippen LogP contribution in [0.4, 0.5) is 0 Å². The summed E-state index contributed by atoms with van der Waals surface area (Å²) in [6, 6.07) is 2.26. The van der Waals surface area contributed by atoms with Crippen molar-refractivity contribution in [1.82, 2.24) is 9.80 Å². The molecule has 20 heavy (non-hydrogen) atoms. The van der Waals surface area contributed by atoms with Crippen LogP contribution in [0, 0.1) is 0 Å². The van der Waals surface area contributed by atoms with Crippen LogP contribution < -0.4 is 5.73 Å². The van der Waals surface area contributed by atoms with E-state index in [9.17, 15) is 4.79 Å². The second-order valence-corrected chi connectivity index (χ2v) is 7.75. The SMILES string of the molecule is CN1CCN(C(=O)c2cc3c(s2)CCSC3)C(CN)C1. The molecule has 4 nitrogen and oxygen atoms in total. The minimum Gasteiger partial charge on any atom is -0.331 e. The Morgan fingerprint density at radius 3 is 3.10 bits per heavy atom. The van der Waals surface area contributed by atoms with Crippen LogP contribution in [-0.2, 0) is 12.2 Å². The molecule has 0 saturated carbocycles. The van der Waals surface area contributed by atoms with Crippen molar-refractivity contribution in [2.45, 2.75) is 18.2 Å². The number of nitrogens with zero attached hydrogens (tertiary/aromatic N) is 2. The van der Waals surface area contributed by atoms with E-state index in [1.54, 1.807) is 11.3 Å². The van der Waals surface area contributed by atoms with E-state index in [0.29, 0.717) is 6.54 Å². The molecule has 1 unspecified atom stereocenters. The molecule has 1 saturated heterocycles. The van der Waals surface area contributed by atoms with Gasteiger partial charge in [-0.1, -0.05) is 0 Å². The molecule has 1 amide bonds. The molecule has 1 fully saturated rings. The highest BCUT2D eigenvalue weighted by molar-refractivity contribution is 7.98. The molecule has 2 aliphatic heterocycles. The van der Waals surface area contributed by atoms with Crippen LogP contribution in [0.2, 0.25) is 0 Å². The Bertz CT molecular complexity index is 479. The Labute approximate surface area is 128 Å². The molecular formula is C14H21N3OS2. The van der Waals surface area contributed by atoms with Crippen molar-refractivity contribution in [3.63, 3.8) is 0 Å². The lowest BCUT2D eigenvalue weighted by Crippen LogP contribution is -2.56. The normalized spacial score (nSPS) is 23.7. The second kappa shape index (κ2) is 6.05. The van der Waals surface area contributed by atoms with E-state index in [2.05, 4.69) is 18.0 Å². The molecule has 0 aliphatic carbocycles. The summed E-state index contributed by atoms with van der Waals surface area (Å²) in [5.74, 6) is 2.42. The van der Waals surface area contributed by atoms with Gasteiger partial charge in [-0.15, -0.1) is 11.3 Å². The summed E-state index contributed by atoms with van der Waals surface area (Å²) in [7, 11) is 2.09. The number of piperazine rings is 1. The van der Waals surface area contributed by atoms with Gasteiger partial charge in [0.2, 0.25) is 0 Å². The van der Waals surface area contributed by atoms with Crippen LogP contribution in [0.1, 0.15) is 20.1 Å². The fourth-order valence-electron chi connectivity index (χ4n) is 2.87. The molecule has 0 spiro atoms. The maximum absolute atomic E-state index is 12.7. The number of carbonyl (C=O) groups excluding carboxylic acids is 1. The summed E-state index contributed by atoms with van der Waals surface area (Å²) in [5, 5.41) is 0. The van der Waals surface area contributed by atoms with Crippen molar-refractivity contribution in [3.8, 4) is 0 Å². The van der Waals surface area contributed by atoms with Crippen molar-refractivity contribution in [1.29, 1.82) is 0 Å². The zero-order valence-electron chi connectivity index (χ0n) is 11.8. The summed E-state index contributed by atoms with van der Waals surface area (Å²) < 4.78 is 0. The average molecular weight is 311 g/mol. The highest BCUT2D eigenvalue weighted by Crippen LogP contribution is 2.32. The highest BCUT2D eigenvalue weighted by Gasteiger charge is 2.30. The molecule has 2 N–H and O–H groups in total. The highest BCUT2D eigenvalue weighted by atomic mass is 32.2. The third-order valence-electron chi connectivity index (χ3n) is 4.06. The summed E-state index contributed by atoms with van der Waals surface area (Å²) in [5.41, 5.74) is 7.22. The number of thiophene rings is 1. The van der Waals surface area contributed by atoms with Gasteiger partial charge in [0, 0.05) is 36.8 Å². The van der Waals surface area contributed by atoms with Crippen molar-refractivity contribution >= 4 is 29.0 Å².